The molecule has 0 bridgehead atoms. The number of nitrogens with two attached hydrogens (primary N) is 1. The molecule has 0 saturated heterocycles. The van der Waals surface area contributed by atoms with E-state index in [0.717, 1.165) is 45.8 Å². The van der Waals surface area contributed by atoms with Gasteiger partial charge in [-0.05, 0) is 19.3 Å². The van der Waals surface area contributed by atoms with Gasteiger partial charge in [0.25, 0.3) is 0 Å². The molecule has 3 nitrogen and oxygen atoms in total. The lowest BCUT2D eigenvalue weighted by Crippen LogP contribution is -2.34. The Hall–Kier alpha value is -0.120. The van der Waals surface area contributed by atoms with Gasteiger partial charge < -0.3 is 15.4 Å². The topological polar surface area (TPSA) is 38.5 Å². The molecule has 0 aromatic heterocycles. The van der Waals surface area contributed by atoms with E-state index in [1.54, 1.807) is 0 Å². The van der Waals surface area contributed by atoms with Gasteiger partial charge >= 0.3 is 0 Å². The largest absolute Gasteiger partial charge is 0.382 e. The van der Waals surface area contributed by atoms with Gasteiger partial charge in [-0.15, -0.1) is 0 Å². The molecule has 0 aliphatic heterocycles. The third-order valence-electron chi connectivity index (χ3n) is 2.04. The summed E-state index contributed by atoms with van der Waals surface area (Å²) < 4.78 is 5.31. The molecular weight excluding hydrogens is 176 g/mol. The van der Waals surface area contributed by atoms with Crippen molar-refractivity contribution in [2.24, 2.45) is 11.7 Å². The van der Waals surface area contributed by atoms with Crippen LogP contribution in [0.15, 0.2) is 0 Å². The molecule has 3 heteroatoms. The zero-order valence-electron chi connectivity index (χ0n) is 9.96. The minimum absolute atomic E-state index is 0.716. The van der Waals surface area contributed by atoms with Crippen LogP contribution in [0.1, 0.15) is 27.2 Å². The van der Waals surface area contributed by atoms with Crippen LogP contribution in [0.3, 0.4) is 0 Å². The number of nitrogens with zero attached hydrogens (tertiary/aromatic N) is 1. The first-order valence-electron chi connectivity index (χ1n) is 5.70. The SMILES string of the molecule is CCOCCCN(CCN)CC(C)C. The van der Waals surface area contributed by atoms with Crippen LogP contribution in [0.2, 0.25) is 0 Å². The van der Waals surface area contributed by atoms with Crippen LogP contribution in [0, 0.1) is 5.92 Å². The van der Waals surface area contributed by atoms with Gasteiger partial charge in [-0.1, -0.05) is 13.8 Å². The van der Waals surface area contributed by atoms with E-state index in [0.29, 0.717) is 5.92 Å². The molecule has 0 fully saturated rings. The smallest absolute Gasteiger partial charge is 0.0478 e. The van der Waals surface area contributed by atoms with Crippen molar-refractivity contribution in [1.29, 1.82) is 0 Å². The van der Waals surface area contributed by atoms with Crippen molar-refractivity contribution in [2.75, 3.05) is 39.4 Å². The van der Waals surface area contributed by atoms with Crippen molar-refractivity contribution in [2.45, 2.75) is 27.2 Å². The molecule has 0 spiro atoms. The highest BCUT2D eigenvalue weighted by Gasteiger charge is 2.05. The molecule has 0 radical (unpaired) electrons. The fraction of sp³-hybridized carbons (Fsp3) is 1.00. The van der Waals surface area contributed by atoms with Crippen molar-refractivity contribution in [3.63, 3.8) is 0 Å². The summed E-state index contributed by atoms with van der Waals surface area (Å²) in [5.41, 5.74) is 5.56. The van der Waals surface area contributed by atoms with E-state index in [1.165, 1.54) is 0 Å². The molecule has 0 atom stereocenters. The molecule has 14 heavy (non-hydrogen) atoms. The van der Waals surface area contributed by atoms with Crippen molar-refractivity contribution in [3.8, 4) is 0 Å². The van der Waals surface area contributed by atoms with E-state index < -0.39 is 0 Å². The zero-order chi connectivity index (χ0) is 10.8. The van der Waals surface area contributed by atoms with Gasteiger partial charge in [0.15, 0.2) is 0 Å². The van der Waals surface area contributed by atoms with Crippen LogP contribution in [-0.2, 0) is 4.74 Å². The first-order chi connectivity index (χ1) is 6.70. The van der Waals surface area contributed by atoms with Gasteiger partial charge in [0.05, 0.1) is 0 Å². The number of ether oxygens (including phenoxy) is 1. The molecule has 0 heterocycles. The predicted molar refractivity (Wildman–Crippen MR) is 61.4 cm³/mol. The van der Waals surface area contributed by atoms with E-state index in [9.17, 15) is 0 Å². The normalized spacial score (nSPS) is 11.6. The molecule has 2 N–H and O–H groups in total. The van der Waals surface area contributed by atoms with E-state index >= 15 is 0 Å². The molecule has 0 rings (SSSR count). The van der Waals surface area contributed by atoms with Crippen molar-refractivity contribution in [1.82, 2.24) is 4.90 Å². The third kappa shape index (κ3) is 8.48. The first-order valence-corrected chi connectivity index (χ1v) is 5.70. The third-order valence-corrected chi connectivity index (χ3v) is 2.04. The quantitative estimate of drug-likeness (QED) is 0.573. The van der Waals surface area contributed by atoms with Crippen LogP contribution in [0.4, 0.5) is 0 Å². The Labute approximate surface area is 88.6 Å². The van der Waals surface area contributed by atoms with Crippen molar-refractivity contribution < 1.29 is 4.74 Å². The molecule has 0 unspecified atom stereocenters. The van der Waals surface area contributed by atoms with Gasteiger partial charge in [0.2, 0.25) is 0 Å². The second-order valence-electron chi connectivity index (χ2n) is 4.03. The second-order valence-corrected chi connectivity index (χ2v) is 4.03. The molecular formula is C11H26N2O. The maximum absolute atomic E-state index is 5.56. The lowest BCUT2D eigenvalue weighted by molar-refractivity contribution is 0.130. The van der Waals surface area contributed by atoms with Gasteiger partial charge in [0.1, 0.15) is 0 Å². The lowest BCUT2D eigenvalue weighted by Gasteiger charge is -2.23. The zero-order valence-corrected chi connectivity index (χ0v) is 9.96. The summed E-state index contributed by atoms with van der Waals surface area (Å²) in [7, 11) is 0. The molecule has 0 aliphatic carbocycles. The fourth-order valence-electron chi connectivity index (χ4n) is 1.53. The Kier molecular flexibility index (Phi) is 9.35. The highest BCUT2D eigenvalue weighted by molar-refractivity contribution is 4.60. The average Bonchev–Trinajstić information content (AvgIpc) is 2.12. The van der Waals surface area contributed by atoms with E-state index in [1.807, 2.05) is 6.92 Å². The summed E-state index contributed by atoms with van der Waals surface area (Å²) in [5, 5.41) is 0. The van der Waals surface area contributed by atoms with E-state index in [-0.39, 0.29) is 0 Å². The van der Waals surface area contributed by atoms with Crippen molar-refractivity contribution in [3.05, 3.63) is 0 Å². The van der Waals surface area contributed by atoms with Crippen LogP contribution >= 0.6 is 0 Å². The minimum atomic E-state index is 0.716. The molecule has 0 amide bonds. The lowest BCUT2D eigenvalue weighted by atomic mass is 10.2. The Morgan fingerprint density at radius 2 is 2.00 bits per heavy atom. The monoisotopic (exact) mass is 202 g/mol. The highest BCUT2D eigenvalue weighted by atomic mass is 16.5. The Morgan fingerprint density at radius 3 is 2.50 bits per heavy atom. The molecule has 0 saturated carbocycles. The summed E-state index contributed by atoms with van der Waals surface area (Å²) in [6, 6.07) is 0. The molecule has 0 aromatic carbocycles. The summed E-state index contributed by atoms with van der Waals surface area (Å²) in [6.45, 7) is 12.2. The average molecular weight is 202 g/mol. The van der Waals surface area contributed by atoms with E-state index in [2.05, 4.69) is 18.7 Å². The Morgan fingerprint density at radius 1 is 1.29 bits per heavy atom. The molecule has 86 valence electrons. The Balaban J connectivity index is 3.51. The standard InChI is InChI=1S/C11H26N2O/c1-4-14-9-5-7-13(8-6-12)10-11(2)3/h11H,4-10,12H2,1-3H3. The van der Waals surface area contributed by atoms with Gasteiger partial charge in [-0.2, -0.15) is 0 Å². The van der Waals surface area contributed by atoms with Gasteiger partial charge in [-0.25, -0.2) is 0 Å². The Bertz CT molecular complexity index is 118. The summed E-state index contributed by atoms with van der Waals surface area (Å²) in [6.07, 6.45) is 1.11. The first kappa shape index (κ1) is 13.9. The van der Waals surface area contributed by atoms with Crippen LogP contribution in [-0.4, -0.2) is 44.3 Å². The van der Waals surface area contributed by atoms with Crippen molar-refractivity contribution >= 4 is 0 Å². The predicted octanol–water partition coefficient (Wildman–Crippen LogP) is 1.33. The van der Waals surface area contributed by atoms with Gasteiger partial charge in [-0.3, -0.25) is 0 Å². The molecule has 0 aliphatic rings. The summed E-state index contributed by atoms with van der Waals surface area (Å²) in [5.74, 6) is 0.716. The number of rotatable bonds is 9. The highest BCUT2D eigenvalue weighted by Crippen LogP contribution is 1.99. The number of hydrogen-bond donors (Lipinski definition) is 1. The van der Waals surface area contributed by atoms with Gasteiger partial charge in [0, 0.05) is 39.4 Å². The van der Waals surface area contributed by atoms with Crippen LogP contribution in [0.5, 0.6) is 0 Å². The number of hydrogen-bond acceptors (Lipinski definition) is 3. The molecule has 0 aromatic rings. The van der Waals surface area contributed by atoms with Crippen LogP contribution < -0.4 is 5.73 Å². The fourth-order valence-corrected chi connectivity index (χ4v) is 1.53. The maximum atomic E-state index is 5.56. The van der Waals surface area contributed by atoms with Crippen LogP contribution in [0.25, 0.3) is 0 Å². The summed E-state index contributed by atoms with van der Waals surface area (Å²) in [4.78, 5) is 2.42. The van der Waals surface area contributed by atoms with E-state index in [4.69, 9.17) is 10.5 Å². The second kappa shape index (κ2) is 9.44. The maximum Gasteiger partial charge on any atom is 0.0478 e. The summed E-state index contributed by atoms with van der Waals surface area (Å²) >= 11 is 0. The minimum Gasteiger partial charge on any atom is -0.382 e.